The van der Waals surface area contributed by atoms with Crippen LogP contribution in [0.1, 0.15) is 36.6 Å². The molecule has 164 valence electrons. The Morgan fingerprint density at radius 2 is 2.07 bits per heavy atom. The third-order valence-electron chi connectivity index (χ3n) is 6.35. The SMILES string of the molecule is CN=C(NCC1CCCN(C)C1c1cccs1)N1CCOC(C2CCCO2)C1.I. The van der Waals surface area contributed by atoms with Gasteiger partial charge in [-0.1, -0.05) is 6.07 Å². The number of halogens is 1. The highest BCUT2D eigenvalue weighted by atomic mass is 127. The molecule has 4 heterocycles. The molecule has 4 unspecified atom stereocenters. The summed E-state index contributed by atoms with van der Waals surface area (Å²) in [6.07, 6.45) is 5.20. The molecule has 0 radical (unpaired) electrons. The number of nitrogens with zero attached hydrogens (tertiary/aromatic N) is 3. The van der Waals surface area contributed by atoms with Crippen molar-refractivity contribution in [2.45, 2.75) is 43.9 Å². The average Bonchev–Trinajstić information content (AvgIpc) is 3.43. The first kappa shape index (κ1) is 23.2. The molecule has 3 aliphatic rings. The number of hydrogen-bond donors (Lipinski definition) is 1. The van der Waals surface area contributed by atoms with Gasteiger partial charge in [-0.3, -0.25) is 9.89 Å². The van der Waals surface area contributed by atoms with Crippen molar-refractivity contribution in [2.24, 2.45) is 10.9 Å². The number of ether oxygens (including phenoxy) is 2. The quantitative estimate of drug-likeness (QED) is 0.366. The molecule has 4 atom stereocenters. The zero-order valence-corrected chi connectivity index (χ0v) is 20.7. The van der Waals surface area contributed by atoms with E-state index in [1.807, 2.05) is 18.4 Å². The first-order chi connectivity index (χ1) is 13.8. The molecule has 1 aromatic heterocycles. The van der Waals surface area contributed by atoms with Gasteiger partial charge < -0.3 is 19.7 Å². The molecule has 0 bridgehead atoms. The van der Waals surface area contributed by atoms with Gasteiger partial charge >= 0.3 is 0 Å². The third kappa shape index (κ3) is 5.64. The lowest BCUT2D eigenvalue weighted by Crippen LogP contribution is -2.54. The second kappa shape index (κ2) is 11.3. The zero-order chi connectivity index (χ0) is 19.3. The molecule has 3 saturated heterocycles. The molecule has 0 aromatic carbocycles. The van der Waals surface area contributed by atoms with Crippen LogP contribution in [0.25, 0.3) is 0 Å². The average molecular weight is 535 g/mol. The summed E-state index contributed by atoms with van der Waals surface area (Å²) in [6.45, 7) is 5.51. The number of piperidine rings is 1. The number of nitrogens with one attached hydrogen (secondary N) is 1. The normalized spacial score (nSPS) is 31.5. The van der Waals surface area contributed by atoms with E-state index in [2.05, 4.69) is 44.7 Å². The highest BCUT2D eigenvalue weighted by Crippen LogP contribution is 2.36. The Balaban J connectivity index is 0.00000240. The summed E-state index contributed by atoms with van der Waals surface area (Å²) in [5.41, 5.74) is 0. The minimum absolute atomic E-state index is 0. The van der Waals surface area contributed by atoms with Crippen LogP contribution >= 0.6 is 35.3 Å². The summed E-state index contributed by atoms with van der Waals surface area (Å²) in [4.78, 5) is 10.9. The topological polar surface area (TPSA) is 49.3 Å². The summed E-state index contributed by atoms with van der Waals surface area (Å²) in [5, 5.41) is 5.88. The maximum absolute atomic E-state index is 6.01. The van der Waals surface area contributed by atoms with Crippen LogP contribution in [-0.4, -0.2) is 81.5 Å². The summed E-state index contributed by atoms with van der Waals surface area (Å²) in [6, 6.07) is 4.96. The van der Waals surface area contributed by atoms with Gasteiger partial charge in [0.15, 0.2) is 5.96 Å². The van der Waals surface area contributed by atoms with Gasteiger partial charge in [0.25, 0.3) is 0 Å². The predicted molar refractivity (Wildman–Crippen MR) is 129 cm³/mol. The molecular weight excluding hydrogens is 499 g/mol. The van der Waals surface area contributed by atoms with E-state index < -0.39 is 0 Å². The third-order valence-corrected chi connectivity index (χ3v) is 7.29. The molecular formula is C21H35IN4O2S. The highest BCUT2D eigenvalue weighted by Gasteiger charge is 2.34. The van der Waals surface area contributed by atoms with E-state index in [-0.39, 0.29) is 36.2 Å². The van der Waals surface area contributed by atoms with Gasteiger partial charge in [-0.15, -0.1) is 35.3 Å². The lowest BCUT2D eigenvalue weighted by atomic mass is 9.88. The predicted octanol–water partition coefficient (Wildman–Crippen LogP) is 3.20. The maximum atomic E-state index is 6.01. The van der Waals surface area contributed by atoms with Crippen LogP contribution < -0.4 is 5.32 Å². The Morgan fingerprint density at radius 3 is 2.79 bits per heavy atom. The van der Waals surface area contributed by atoms with Crippen LogP contribution in [0.2, 0.25) is 0 Å². The molecule has 0 amide bonds. The lowest BCUT2D eigenvalue weighted by molar-refractivity contribution is -0.0817. The van der Waals surface area contributed by atoms with Crippen molar-refractivity contribution >= 4 is 41.3 Å². The number of thiophene rings is 1. The van der Waals surface area contributed by atoms with E-state index >= 15 is 0 Å². The van der Waals surface area contributed by atoms with Gasteiger partial charge in [0.2, 0.25) is 0 Å². The van der Waals surface area contributed by atoms with E-state index in [0.717, 1.165) is 51.6 Å². The molecule has 0 spiro atoms. The van der Waals surface area contributed by atoms with Crippen molar-refractivity contribution in [2.75, 3.05) is 53.5 Å². The Morgan fingerprint density at radius 1 is 1.21 bits per heavy atom. The monoisotopic (exact) mass is 534 g/mol. The van der Waals surface area contributed by atoms with E-state index in [4.69, 9.17) is 9.47 Å². The van der Waals surface area contributed by atoms with Gasteiger partial charge in [-0.05, 0) is 56.6 Å². The summed E-state index contributed by atoms with van der Waals surface area (Å²) >= 11 is 1.88. The molecule has 1 N–H and O–H groups in total. The molecule has 4 rings (SSSR count). The van der Waals surface area contributed by atoms with Gasteiger partial charge in [-0.25, -0.2) is 0 Å². The minimum atomic E-state index is 0. The van der Waals surface area contributed by atoms with Crippen LogP contribution in [0.15, 0.2) is 22.5 Å². The standard InChI is InChI=1S/C21H34N4O2S.HI/c1-22-21(25-10-12-27-18(15-25)17-7-4-11-26-17)23-14-16-6-3-9-24(2)20(16)19-8-5-13-28-19;/h5,8,13,16-18,20H,3-4,6-7,9-12,14-15H2,1-2H3,(H,22,23);1H. The highest BCUT2D eigenvalue weighted by molar-refractivity contribution is 14.0. The van der Waals surface area contributed by atoms with Crippen molar-refractivity contribution in [1.29, 1.82) is 0 Å². The van der Waals surface area contributed by atoms with Crippen LogP contribution in [0.3, 0.4) is 0 Å². The van der Waals surface area contributed by atoms with E-state index in [1.54, 1.807) is 0 Å². The van der Waals surface area contributed by atoms with Gasteiger partial charge in [0, 0.05) is 44.2 Å². The number of morpholine rings is 1. The van der Waals surface area contributed by atoms with Crippen LogP contribution in [0, 0.1) is 5.92 Å². The number of aliphatic imine (C=N–C) groups is 1. The molecule has 0 saturated carbocycles. The van der Waals surface area contributed by atoms with Crippen molar-refractivity contribution in [1.82, 2.24) is 15.1 Å². The van der Waals surface area contributed by atoms with E-state index in [0.29, 0.717) is 12.0 Å². The Hall–Kier alpha value is -0.420. The van der Waals surface area contributed by atoms with E-state index in [1.165, 1.54) is 24.3 Å². The largest absolute Gasteiger partial charge is 0.375 e. The van der Waals surface area contributed by atoms with Gasteiger partial charge in [0.1, 0.15) is 6.10 Å². The Labute approximate surface area is 196 Å². The fraction of sp³-hybridized carbons (Fsp3) is 0.762. The van der Waals surface area contributed by atoms with Crippen molar-refractivity contribution in [3.63, 3.8) is 0 Å². The van der Waals surface area contributed by atoms with Gasteiger partial charge in [0.05, 0.1) is 12.7 Å². The second-order valence-electron chi connectivity index (χ2n) is 8.18. The number of guanidine groups is 1. The first-order valence-corrected chi connectivity index (χ1v) is 11.6. The number of rotatable bonds is 4. The van der Waals surface area contributed by atoms with Crippen molar-refractivity contribution in [3.8, 4) is 0 Å². The fourth-order valence-corrected chi connectivity index (χ4v) is 5.91. The number of hydrogen-bond acceptors (Lipinski definition) is 5. The molecule has 8 heteroatoms. The minimum Gasteiger partial charge on any atom is -0.375 e. The Kier molecular flexibility index (Phi) is 9.03. The molecule has 29 heavy (non-hydrogen) atoms. The van der Waals surface area contributed by atoms with Crippen molar-refractivity contribution < 1.29 is 9.47 Å². The summed E-state index contributed by atoms with van der Waals surface area (Å²) in [7, 11) is 4.15. The molecule has 3 fully saturated rings. The molecule has 6 nitrogen and oxygen atoms in total. The molecule has 1 aromatic rings. The van der Waals surface area contributed by atoms with Crippen LogP contribution in [0.4, 0.5) is 0 Å². The Bertz CT molecular complexity index is 639. The van der Waals surface area contributed by atoms with Crippen molar-refractivity contribution in [3.05, 3.63) is 22.4 Å². The zero-order valence-electron chi connectivity index (χ0n) is 17.6. The second-order valence-corrected chi connectivity index (χ2v) is 9.16. The first-order valence-electron chi connectivity index (χ1n) is 10.7. The van der Waals surface area contributed by atoms with Gasteiger partial charge in [-0.2, -0.15) is 0 Å². The van der Waals surface area contributed by atoms with Crippen LogP contribution in [0.5, 0.6) is 0 Å². The number of likely N-dealkylation sites (tertiary alicyclic amines) is 1. The fourth-order valence-electron chi connectivity index (χ4n) is 4.93. The summed E-state index contributed by atoms with van der Waals surface area (Å²) < 4.78 is 11.9. The smallest absolute Gasteiger partial charge is 0.193 e. The lowest BCUT2D eigenvalue weighted by Gasteiger charge is -2.40. The van der Waals surface area contributed by atoms with Crippen LogP contribution in [-0.2, 0) is 9.47 Å². The molecule has 0 aliphatic carbocycles. The van der Waals surface area contributed by atoms with E-state index in [9.17, 15) is 0 Å². The molecule has 3 aliphatic heterocycles. The summed E-state index contributed by atoms with van der Waals surface area (Å²) in [5.74, 6) is 1.61. The maximum Gasteiger partial charge on any atom is 0.193 e.